The summed E-state index contributed by atoms with van der Waals surface area (Å²) in [6.07, 6.45) is 4.77. The quantitative estimate of drug-likeness (QED) is 0.472. The molecule has 2 aromatic carbocycles. The van der Waals surface area contributed by atoms with Gasteiger partial charge in [0.05, 0.1) is 23.7 Å². The molecule has 2 amide bonds. The minimum Gasteiger partial charge on any atom is -0.497 e. The van der Waals surface area contributed by atoms with Crippen LogP contribution in [0.4, 0.5) is 5.69 Å². The van der Waals surface area contributed by atoms with Crippen molar-refractivity contribution in [3.05, 3.63) is 42.0 Å². The fraction of sp³-hybridized carbons (Fsp3) is 0.464. The SMILES string of the molecule is CCn1c(-c2cccc(OC)c2)nc2cc(NC(C)=O)cc(C(=O)N(C)CCCN3CCCCC3)c21. The van der Waals surface area contributed by atoms with Gasteiger partial charge in [-0.2, -0.15) is 0 Å². The minimum atomic E-state index is -0.189. The molecule has 4 rings (SSSR count). The average molecular weight is 492 g/mol. The van der Waals surface area contributed by atoms with Crippen molar-refractivity contribution in [3.63, 3.8) is 0 Å². The average Bonchev–Trinajstić information content (AvgIpc) is 3.26. The van der Waals surface area contributed by atoms with Gasteiger partial charge in [-0.1, -0.05) is 18.6 Å². The van der Waals surface area contributed by atoms with Gasteiger partial charge in [-0.15, -0.1) is 0 Å². The summed E-state index contributed by atoms with van der Waals surface area (Å²) in [4.78, 5) is 34.7. The Kier molecular flexibility index (Phi) is 8.25. The van der Waals surface area contributed by atoms with E-state index >= 15 is 0 Å². The highest BCUT2D eigenvalue weighted by Crippen LogP contribution is 2.32. The lowest BCUT2D eigenvalue weighted by Crippen LogP contribution is -2.34. The van der Waals surface area contributed by atoms with Gasteiger partial charge in [-0.05, 0) is 70.1 Å². The number of piperidine rings is 1. The zero-order valence-electron chi connectivity index (χ0n) is 21.8. The number of carbonyl (C=O) groups excluding carboxylic acids is 2. The van der Waals surface area contributed by atoms with Crippen LogP contribution in [0.25, 0.3) is 22.4 Å². The van der Waals surface area contributed by atoms with Gasteiger partial charge >= 0.3 is 0 Å². The second-order valence-electron chi connectivity index (χ2n) is 9.47. The maximum Gasteiger partial charge on any atom is 0.255 e. The summed E-state index contributed by atoms with van der Waals surface area (Å²) in [6, 6.07) is 11.4. The smallest absolute Gasteiger partial charge is 0.255 e. The number of rotatable bonds is 9. The van der Waals surface area contributed by atoms with Crippen molar-refractivity contribution in [2.24, 2.45) is 0 Å². The maximum absolute atomic E-state index is 13.7. The molecule has 3 aromatic rings. The first kappa shape index (κ1) is 25.7. The molecule has 1 N–H and O–H groups in total. The molecule has 2 heterocycles. The van der Waals surface area contributed by atoms with E-state index in [1.54, 1.807) is 18.1 Å². The molecule has 0 saturated carbocycles. The van der Waals surface area contributed by atoms with E-state index in [9.17, 15) is 9.59 Å². The van der Waals surface area contributed by atoms with Crippen molar-refractivity contribution in [3.8, 4) is 17.1 Å². The highest BCUT2D eigenvalue weighted by atomic mass is 16.5. The number of hydrogen-bond donors (Lipinski definition) is 1. The number of benzene rings is 2. The topological polar surface area (TPSA) is 79.7 Å². The molecule has 1 saturated heterocycles. The van der Waals surface area contributed by atoms with Crippen LogP contribution in [0.2, 0.25) is 0 Å². The summed E-state index contributed by atoms with van der Waals surface area (Å²) in [7, 11) is 3.49. The molecule has 192 valence electrons. The van der Waals surface area contributed by atoms with E-state index in [1.165, 1.54) is 26.2 Å². The van der Waals surface area contributed by atoms with Gasteiger partial charge in [0.15, 0.2) is 0 Å². The monoisotopic (exact) mass is 491 g/mol. The molecule has 0 atom stereocenters. The third-order valence-corrected chi connectivity index (χ3v) is 6.80. The zero-order chi connectivity index (χ0) is 25.7. The molecule has 36 heavy (non-hydrogen) atoms. The first-order chi connectivity index (χ1) is 17.4. The third-order valence-electron chi connectivity index (χ3n) is 6.80. The predicted octanol–water partition coefficient (Wildman–Crippen LogP) is 4.64. The second kappa shape index (κ2) is 11.6. The van der Waals surface area contributed by atoms with Crippen LogP contribution in [0.3, 0.4) is 0 Å². The third kappa shape index (κ3) is 5.70. The summed E-state index contributed by atoms with van der Waals surface area (Å²) < 4.78 is 7.48. The Hall–Kier alpha value is -3.39. The van der Waals surface area contributed by atoms with Crippen LogP contribution in [-0.2, 0) is 11.3 Å². The number of aryl methyl sites for hydroxylation is 1. The van der Waals surface area contributed by atoms with E-state index in [-0.39, 0.29) is 11.8 Å². The van der Waals surface area contributed by atoms with Gasteiger partial charge in [-0.3, -0.25) is 9.59 Å². The number of aromatic nitrogens is 2. The lowest BCUT2D eigenvalue weighted by Gasteiger charge is -2.27. The van der Waals surface area contributed by atoms with Crippen LogP contribution in [0.1, 0.15) is 49.9 Å². The first-order valence-electron chi connectivity index (χ1n) is 12.9. The van der Waals surface area contributed by atoms with E-state index in [1.807, 2.05) is 44.3 Å². The maximum atomic E-state index is 13.7. The lowest BCUT2D eigenvalue weighted by molar-refractivity contribution is -0.114. The van der Waals surface area contributed by atoms with Crippen LogP contribution < -0.4 is 10.1 Å². The second-order valence-corrected chi connectivity index (χ2v) is 9.47. The molecule has 1 aliphatic rings. The predicted molar refractivity (Wildman–Crippen MR) is 144 cm³/mol. The fourth-order valence-corrected chi connectivity index (χ4v) is 5.02. The number of ether oxygens (including phenoxy) is 1. The Bertz CT molecular complexity index is 1230. The molecule has 0 spiro atoms. The van der Waals surface area contributed by atoms with Crippen LogP contribution in [0.5, 0.6) is 5.75 Å². The molecule has 1 aliphatic heterocycles. The fourth-order valence-electron chi connectivity index (χ4n) is 5.02. The number of carbonyl (C=O) groups is 2. The van der Waals surface area contributed by atoms with Gasteiger partial charge in [0.1, 0.15) is 11.6 Å². The van der Waals surface area contributed by atoms with Crippen molar-refractivity contribution in [2.45, 2.75) is 46.1 Å². The van der Waals surface area contributed by atoms with Gasteiger partial charge in [0.2, 0.25) is 5.91 Å². The number of imidazole rings is 1. The van der Waals surface area contributed by atoms with Crippen molar-refractivity contribution < 1.29 is 14.3 Å². The van der Waals surface area contributed by atoms with Gasteiger partial charge < -0.3 is 24.4 Å². The van der Waals surface area contributed by atoms with Crippen LogP contribution >= 0.6 is 0 Å². The minimum absolute atomic E-state index is 0.0716. The molecular formula is C28H37N5O3. The van der Waals surface area contributed by atoms with Crippen molar-refractivity contribution in [2.75, 3.05) is 45.7 Å². The molecule has 1 fully saturated rings. The first-order valence-corrected chi connectivity index (χ1v) is 12.9. The summed E-state index contributed by atoms with van der Waals surface area (Å²) in [5.74, 6) is 1.24. The highest BCUT2D eigenvalue weighted by molar-refractivity contribution is 6.08. The van der Waals surface area contributed by atoms with Gasteiger partial charge in [-0.25, -0.2) is 4.98 Å². The van der Waals surface area contributed by atoms with Crippen molar-refractivity contribution >= 4 is 28.5 Å². The Morgan fingerprint density at radius 2 is 1.92 bits per heavy atom. The van der Waals surface area contributed by atoms with Crippen molar-refractivity contribution in [1.82, 2.24) is 19.4 Å². The highest BCUT2D eigenvalue weighted by Gasteiger charge is 2.23. The molecule has 0 radical (unpaired) electrons. The molecule has 8 nitrogen and oxygen atoms in total. The Morgan fingerprint density at radius 3 is 2.61 bits per heavy atom. The Balaban J connectivity index is 1.69. The van der Waals surface area contributed by atoms with Gasteiger partial charge in [0.25, 0.3) is 5.91 Å². The standard InChI is InChI=1S/C28H37N5O3/c1-5-33-26-24(28(35)31(3)13-10-16-32-14-7-6-8-15-32)18-22(29-20(2)34)19-25(26)30-27(33)21-11-9-12-23(17-21)36-4/h9,11-12,17-19H,5-8,10,13-16H2,1-4H3,(H,29,34). The molecule has 0 unspecified atom stereocenters. The van der Waals surface area contributed by atoms with Crippen LogP contribution in [-0.4, -0.2) is 71.5 Å². The lowest BCUT2D eigenvalue weighted by atomic mass is 10.1. The largest absolute Gasteiger partial charge is 0.497 e. The van der Waals surface area contributed by atoms with Crippen molar-refractivity contribution in [1.29, 1.82) is 0 Å². The molecular weight excluding hydrogens is 454 g/mol. The number of amides is 2. The van der Waals surface area contributed by atoms with Crippen LogP contribution in [0, 0.1) is 0 Å². The molecule has 1 aromatic heterocycles. The number of anilines is 1. The number of nitrogens with one attached hydrogen (secondary N) is 1. The number of likely N-dealkylation sites (tertiary alicyclic amines) is 1. The number of nitrogens with zero attached hydrogens (tertiary/aromatic N) is 4. The Labute approximate surface area is 213 Å². The summed E-state index contributed by atoms with van der Waals surface area (Å²) in [6.45, 7) is 8.13. The molecule has 8 heteroatoms. The Morgan fingerprint density at radius 1 is 1.14 bits per heavy atom. The van der Waals surface area contributed by atoms with Crippen LogP contribution in [0.15, 0.2) is 36.4 Å². The van der Waals surface area contributed by atoms with E-state index < -0.39 is 0 Å². The summed E-state index contributed by atoms with van der Waals surface area (Å²) >= 11 is 0. The number of methoxy groups -OCH3 is 1. The number of hydrogen-bond acceptors (Lipinski definition) is 5. The van der Waals surface area contributed by atoms with Gasteiger partial charge in [0, 0.05) is 38.3 Å². The zero-order valence-corrected chi connectivity index (χ0v) is 21.8. The summed E-state index contributed by atoms with van der Waals surface area (Å²) in [5.41, 5.74) is 3.46. The summed E-state index contributed by atoms with van der Waals surface area (Å²) in [5, 5.41) is 2.84. The molecule has 0 aliphatic carbocycles. The van der Waals surface area contributed by atoms with E-state index in [4.69, 9.17) is 9.72 Å². The van der Waals surface area contributed by atoms with E-state index in [0.717, 1.165) is 48.7 Å². The molecule has 0 bridgehead atoms. The van der Waals surface area contributed by atoms with E-state index in [2.05, 4.69) is 14.8 Å². The van der Waals surface area contributed by atoms with E-state index in [0.29, 0.717) is 29.9 Å². The number of fused-ring (bicyclic) bond motifs is 1. The normalized spacial score (nSPS) is 14.1.